The maximum Gasteiger partial charge on any atom is 0.356 e. The summed E-state index contributed by atoms with van der Waals surface area (Å²) in [5.74, 6) is -0.944. The third-order valence-electron chi connectivity index (χ3n) is 2.32. The van der Waals surface area contributed by atoms with E-state index in [9.17, 15) is 4.79 Å². The standard InChI is InChI=1S/C8H11N3O2.ClH.2H2O/c1-11-6-2-3-9-4-5(6)7(10-11)8(12)13;;;/h9H,2-4H2,1H3,(H,12,13);1H;2*1H2. The van der Waals surface area contributed by atoms with Gasteiger partial charge in [-0.05, 0) is 0 Å². The predicted molar refractivity (Wildman–Crippen MR) is 60.1 cm³/mol. The predicted octanol–water partition coefficient (Wildman–Crippen LogP) is -1.46. The van der Waals surface area contributed by atoms with E-state index >= 15 is 0 Å². The van der Waals surface area contributed by atoms with Gasteiger partial charge in [-0.1, -0.05) is 0 Å². The van der Waals surface area contributed by atoms with Gasteiger partial charge in [0.2, 0.25) is 0 Å². The Hall–Kier alpha value is -1.15. The number of fused-ring (bicyclic) bond motifs is 1. The fourth-order valence-corrected chi connectivity index (χ4v) is 1.69. The van der Waals surface area contributed by atoms with Crippen LogP contribution >= 0.6 is 12.4 Å². The summed E-state index contributed by atoms with van der Waals surface area (Å²) < 4.78 is 1.67. The molecule has 1 aromatic rings. The molecule has 0 aromatic carbocycles. The monoisotopic (exact) mass is 253 g/mol. The molecule has 6 N–H and O–H groups in total. The minimum absolute atomic E-state index is 0. The van der Waals surface area contributed by atoms with Crippen LogP contribution in [0.4, 0.5) is 0 Å². The smallest absolute Gasteiger partial charge is 0.356 e. The van der Waals surface area contributed by atoms with Gasteiger partial charge in [0.05, 0.1) is 0 Å². The average molecular weight is 254 g/mol. The highest BCUT2D eigenvalue weighted by molar-refractivity contribution is 5.87. The first-order valence-corrected chi connectivity index (χ1v) is 4.19. The van der Waals surface area contributed by atoms with Gasteiger partial charge in [0.25, 0.3) is 0 Å². The van der Waals surface area contributed by atoms with Crippen LogP contribution in [0.3, 0.4) is 0 Å². The van der Waals surface area contributed by atoms with Crippen molar-refractivity contribution in [2.75, 3.05) is 6.54 Å². The molecule has 2 rings (SSSR count). The Kier molecular flexibility index (Phi) is 6.94. The van der Waals surface area contributed by atoms with Crippen LogP contribution in [0.15, 0.2) is 0 Å². The van der Waals surface area contributed by atoms with Crippen LogP contribution in [0.5, 0.6) is 0 Å². The van der Waals surface area contributed by atoms with Gasteiger partial charge >= 0.3 is 5.97 Å². The van der Waals surface area contributed by atoms with Crippen LogP contribution in [0, 0.1) is 0 Å². The molecule has 1 aliphatic heterocycles. The first kappa shape index (κ1) is 17.3. The zero-order valence-electron chi connectivity index (χ0n) is 8.78. The normalized spacial score (nSPS) is 12.6. The van der Waals surface area contributed by atoms with Crippen molar-refractivity contribution in [3.63, 3.8) is 0 Å². The quantitative estimate of drug-likeness (QED) is 0.633. The number of carboxylic acids is 1. The van der Waals surface area contributed by atoms with Crippen molar-refractivity contribution in [2.45, 2.75) is 13.0 Å². The molecule has 0 saturated heterocycles. The van der Waals surface area contributed by atoms with Gasteiger partial charge in [-0.25, -0.2) is 4.79 Å². The van der Waals surface area contributed by atoms with Crippen molar-refractivity contribution in [2.24, 2.45) is 7.05 Å². The van der Waals surface area contributed by atoms with E-state index in [1.165, 1.54) is 0 Å². The molecular weight excluding hydrogens is 238 g/mol. The zero-order chi connectivity index (χ0) is 9.42. The van der Waals surface area contributed by atoms with E-state index in [2.05, 4.69) is 10.4 Å². The highest BCUT2D eigenvalue weighted by Gasteiger charge is 2.22. The summed E-state index contributed by atoms with van der Waals surface area (Å²) in [6.07, 6.45) is 0.853. The van der Waals surface area contributed by atoms with Gasteiger partial charge in [-0.3, -0.25) is 4.68 Å². The minimum Gasteiger partial charge on any atom is -0.476 e. The second-order valence-corrected chi connectivity index (χ2v) is 3.13. The second kappa shape index (κ2) is 6.44. The Bertz CT molecular complexity index is 366. The first-order valence-electron chi connectivity index (χ1n) is 4.19. The molecular formula is C8H16ClN3O4. The lowest BCUT2D eigenvalue weighted by Crippen LogP contribution is -2.25. The number of nitrogens with zero attached hydrogens (tertiary/aromatic N) is 2. The maximum atomic E-state index is 10.8. The number of aromatic carboxylic acids is 1. The average Bonchev–Trinajstić information content (AvgIpc) is 2.45. The SMILES string of the molecule is Cl.Cn1nc(C(=O)O)c2c1CCNC2.O.O. The Morgan fingerprint density at radius 2 is 2.12 bits per heavy atom. The zero-order valence-corrected chi connectivity index (χ0v) is 9.60. The molecule has 0 amide bonds. The number of aromatic nitrogens is 2. The number of carboxylic acid groups (broad SMARTS) is 1. The van der Waals surface area contributed by atoms with Gasteiger partial charge in [0.15, 0.2) is 5.69 Å². The van der Waals surface area contributed by atoms with Gasteiger partial charge in [-0.15, -0.1) is 12.4 Å². The minimum atomic E-state index is -0.944. The van der Waals surface area contributed by atoms with Crippen molar-refractivity contribution in [3.8, 4) is 0 Å². The summed E-state index contributed by atoms with van der Waals surface area (Å²) in [6.45, 7) is 1.51. The third-order valence-corrected chi connectivity index (χ3v) is 2.32. The van der Waals surface area contributed by atoms with Crippen molar-refractivity contribution >= 4 is 18.4 Å². The third kappa shape index (κ3) is 2.70. The van der Waals surface area contributed by atoms with E-state index in [0.717, 1.165) is 24.2 Å². The molecule has 94 valence electrons. The maximum absolute atomic E-state index is 10.8. The molecule has 0 unspecified atom stereocenters. The van der Waals surface area contributed by atoms with Gasteiger partial charge in [0, 0.05) is 37.8 Å². The van der Waals surface area contributed by atoms with Crippen molar-refractivity contribution in [1.82, 2.24) is 15.1 Å². The number of carbonyl (C=O) groups is 1. The topological polar surface area (TPSA) is 130 Å². The lowest BCUT2D eigenvalue weighted by Gasteiger charge is -2.13. The summed E-state index contributed by atoms with van der Waals surface area (Å²) in [5, 5.41) is 16.0. The van der Waals surface area contributed by atoms with Crippen LogP contribution in [0.2, 0.25) is 0 Å². The van der Waals surface area contributed by atoms with Crippen molar-refractivity contribution in [1.29, 1.82) is 0 Å². The molecule has 8 heteroatoms. The van der Waals surface area contributed by atoms with Crippen LogP contribution in [-0.4, -0.2) is 38.4 Å². The van der Waals surface area contributed by atoms with Crippen LogP contribution in [0.1, 0.15) is 21.7 Å². The fraction of sp³-hybridized carbons (Fsp3) is 0.500. The highest BCUT2D eigenvalue weighted by atomic mass is 35.5. The van der Waals surface area contributed by atoms with Crippen LogP contribution < -0.4 is 5.32 Å². The number of hydrogen-bond acceptors (Lipinski definition) is 3. The molecule has 1 aliphatic rings. The summed E-state index contributed by atoms with van der Waals surface area (Å²) >= 11 is 0. The summed E-state index contributed by atoms with van der Waals surface area (Å²) in [7, 11) is 1.79. The summed E-state index contributed by atoms with van der Waals surface area (Å²) in [6, 6.07) is 0. The number of halogens is 1. The Balaban J connectivity index is 0. The number of nitrogens with one attached hydrogen (secondary N) is 1. The van der Waals surface area contributed by atoms with Gasteiger partial charge in [-0.2, -0.15) is 5.10 Å². The molecule has 0 radical (unpaired) electrons. The molecule has 7 nitrogen and oxygen atoms in total. The molecule has 16 heavy (non-hydrogen) atoms. The Morgan fingerprint density at radius 3 is 2.69 bits per heavy atom. The largest absolute Gasteiger partial charge is 0.476 e. The molecule has 0 aliphatic carbocycles. The molecule has 0 fully saturated rings. The molecule has 0 atom stereocenters. The highest BCUT2D eigenvalue weighted by Crippen LogP contribution is 2.17. The van der Waals surface area contributed by atoms with E-state index in [1.807, 2.05) is 0 Å². The molecule has 0 spiro atoms. The fourth-order valence-electron chi connectivity index (χ4n) is 1.69. The van der Waals surface area contributed by atoms with Crippen molar-refractivity contribution in [3.05, 3.63) is 17.0 Å². The number of rotatable bonds is 1. The molecule has 1 aromatic heterocycles. The van der Waals surface area contributed by atoms with E-state index in [4.69, 9.17) is 5.11 Å². The van der Waals surface area contributed by atoms with Gasteiger partial charge in [0.1, 0.15) is 0 Å². The number of hydrogen-bond donors (Lipinski definition) is 2. The first-order chi connectivity index (χ1) is 6.20. The molecule has 0 bridgehead atoms. The molecule has 0 saturated carbocycles. The Labute approximate surface area is 98.5 Å². The summed E-state index contributed by atoms with van der Waals surface area (Å²) in [4.78, 5) is 10.8. The lowest BCUT2D eigenvalue weighted by atomic mass is 10.1. The number of aryl methyl sites for hydroxylation is 1. The molecule has 2 heterocycles. The van der Waals surface area contributed by atoms with E-state index in [-0.39, 0.29) is 29.1 Å². The van der Waals surface area contributed by atoms with E-state index in [0.29, 0.717) is 6.54 Å². The van der Waals surface area contributed by atoms with E-state index in [1.54, 1.807) is 11.7 Å². The van der Waals surface area contributed by atoms with Gasteiger partial charge < -0.3 is 21.4 Å². The lowest BCUT2D eigenvalue weighted by molar-refractivity contribution is 0.0688. The second-order valence-electron chi connectivity index (χ2n) is 3.13. The van der Waals surface area contributed by atoms with Crippen LogP contribution in [0.25, 0.3) is 0 Å². The van der Waals surface area contributed by atoms with Crippen molar-refractivity contribution < 1.29 is 20.9 Å². The Morgan fingerprint density at radius 1 is 1.50 bits per heavy atom. The summed E-state index contributed by atoms with van der Waals surface area (Å²) in [5.41, 5.74) is 2.06. The van der Waals surface area contributed by atoms with E-state index < -0.39 is 5.97 Å². The van der Waals surface area contributed by atoms with Crippen LogP contribution in [-0.2, 0) is 20.0 Å².